The molecule has 0 spiro atoms. The highest BCUT2D eigenvalue weighted by molar-refractivity contribution is 7.91. The van der Waals surface area contributed by atoms with Crippen molar-refractivity contribution in [1.82, 2.24) is 24.4 Å². The third kappa shape index (κ3) is 4.39. The maximum atomic E-state index is 12.8. The summed E-state index contributed by atoms with van der Waals surface area (Å²) >= 11 is 1.14. The standard InChI is InChI=1S/C19H23N5O3S2/c1-13(2)18-15(12-22-24(18)16-7-5-6-10-20-16)19(25)21-11-14-8-9-17(28-14)29(26,27)23(3)4/h5-10,12-13H,11H2,1-4H3,(H,21,25). The van der Waals surface area contributed by atoms with E-state index in [1.807, 2.05) is 32.0 Å². The quantitative estimate of drug-likeness (QED) is 0.618. The van der Waals surface area contributed by atoms with Crippen molar-refractivity contribution in [2.45, 2.75) is 30.5 Å². The lowest BCUT2D eigenvalue weighted by Gasteiger charge is -2.12. The fraction of sp³-hybridized carbons (Fsp3) is 0.316. The molecule has 0 aliphatic rings. The molecule has 0 fully saturated rings. The lowest BCUT2D eigenvalue weighted by molar-refractivity contribution is 0.0950. The Morgan fingerprint density at radius 1 is 1.24 bits per heavy atom. The molecule has 0 aromatic carbocycles. The second kappa shape index (κ2) is 8.44. The first-order valence-corrected chi connectivity index (χ1v) is 11.3. The summed E-state index contributed by atoms with van der Waals surface area (Å²) in [5.74, 6) is 0.437. The van der Waals surface area contributed by atoms with Crippen LogP contribution in [0.2, 0.25) is 0 Å². The average molecular weight is 434 g/mol. The van der Waals surface area contributed by atoms with E-state index in [1.54, 1.807) is 23.0 Å². The highest BCUT2D eigenvalue weighted by atomic mass is 32.2. The van der Waals surface area contributed by atoms with Crippen LogP contribution >= 0.6 is 11.3 Å². The van der Waals surface area contributed by atoms with Crippen molar-refractivity contribution < 1.29 is 13.2 Å². The van der Waals surface area contributed by atoms with Crippen LogP contribution in [0.4, 0.5) is 0 Å². The van der Waals surface area contributed by atoms with E-state index in [4.69, 9.17) is 0 Å². The van der Waals surface area contributed by atoms with E-state index in [0.717, 1.165) is 21.9 Å². The molecule has 0 saturated heterocycles. The van der Waals surface area contributed by atoms with Crippen molar-refractivity contribution in [3.05, 3.63) is 58.9 Å². The number of hydrogen-bond donors (Lipinski definition) is 1. The lowest BCUT2D eigenvalue weighted by atomic mass is 10.1. The van der Waals surface area contributed by atoms with E-state index in [0.29, 0.717) is 11.4 Å². The number of thiophene rings is 1. The summed E-state index contributed by atoms with van der Waals surface area (Å²) in [6.45, 7) is 4.22. The molecule has 3 heterocycles. The first-order valence-electron chi connectivity index (χ1n) is 9.00. The molecule has 0 unspecified atom stereocenters. The van der Waals surface area contributed by atoms with Crippen LogP contribution in [0.5, 0.6) is 0 Å². The average Bonchev–Trinajstić information content (AvgIpc) is 3.34. The van der Waals surface area contributed by atoms with Crippen molar-refractivity contribution >= 4 is 27.3 Å². The molecule has 0 aliphatic heterocycles. The molecule has 0 saturated carbocycles. The maximum Gasteiger partial charge on any atom is 0.255 e. The van der Waals surface area contributed by atoms with Crippen LogP contribution in [0.1, 0.15) is 40.7 Å². The van der Waals surface area contributed by atoms with Gasteiger partial charge in [-0.05, 0) is 30.2 Å². The normalized spacial score (nSPS) is 11.9. The molecule has 3 aromatic rings. The number of hydrogen-bond acceptors (Lipinski definition) is 6. The van der Waals surface area contributed by atoms with Crippen LogP contribution in [-0.2, 0) is 16.6 Å². The van der Waals surface area contributed by atoms with E-state index in [2.05, 4.69) is 15.4 Å². The van der Waals surface area contributed by atoms with Crippen LogP contribution in [0, 0.1) is 0 Å². The van der Waals surface area contributed by atoms with E-state index in [1.165, 1.54) is 24.6 Å². The minimum absolute atomic E-state index is 0.0545. The SMILES string of the molecule is CC(C)c1c(C(=O)NCc2ccc(S(=O)(=O)N(C)C)s2)cnn1-c1ccccn1. The molecule has 3 aromatic heterocycles. The summed E-state index contributed by atoms with van der Waals surface area (Å²) in [4.78, 5) is 17.9. The highest BCUT2D eigenvalue weighted by Gasteiger charge is 2.22. The Labute approximate surface area is 174 Å². The van der Waals surface area contributed by atoms with Gasteiger partial charge >= 0.3 is 0 Å². The van der Waals surface area contributed by atoms with Crippen molar-refractivity contribution in [3.8, 4) is 5.82 Å². The molecule has 154 valence electrons. The van der Waals surface area contributed by atoms with Crippen molar-refractivity contribution in [3.63, 3.8) is 0 Å². The van der Waals surface area contributed by atoms with Gasteiger partial charge in [-0.1, -0.05) is 19.9 Å². The van der Waals surface area contributed by atoms with Gasteiger partial charge in [0.15, 0.2) is 5.82 Å². The number of rotatable bonds is 7. The molecule has 0 bridgehead atoms. The van der Waals surface area contributed by atoms with E-state index < -0.39 is 10.0 Å². The maximum absolute atomic E-state index is 12.8. The van der Waals surface area contributed by atoms with Gasteiger partial charge in [-0.3, -0.25) is 4.79 Å². The van der Waals surface area contributed by atoms with Gasteiger partial charge in [0.05, 0.1) is 24.0 Å². The number of nitrogens with one attached hydrogen (secondary N) is 1. The zero-order valence-corrected chi connectivity index (χ0v) is 18.3. The topological polar surface area (TPSA) is 97.2 Å². The van der Waals surface area contributed by atoms with E-state index >= 15 is 0 Å². The fourth-order valence-electron chi connectivity index (χ4n) is 2.78. The molecule has 10 heteroatoms. The Morgan fingerprint density at radius 2 is 2.00 bits per heavy atom. The summed E-state index contributed by atoms with van der Waals surface area (Å²) in [7, 11) is -0.495. The molecule has 1 amide bonds. The third-order valence-corrected chi connectivity index (χ3v) is 7.63. The second-order valence-corrected chi connectivity index (χ2v) is 10.4. The van der Waals surface area contributed by atoms with Crippen LogP contribution in [0.15, 0.2) is 46.9 Å². The van der Waals surface area contributed by atoms with Gasteiger partial charge in [0.25, 0.3) is 15.9 Å². The monoisotopic (exact) mass is 433 g/mol. The summed E-state index contributed by atoms with van der Waals surface area (Å²) < 4.78 is 27.5. The smallest absolute Gasteiger partial charge is 0.255 e. The highest BCUT2D eigenvalue weighted by Crippen LogP contribution is 2.25. The lowest BCUT2D eigenvalue weighted by Crippen LogP contribution is -2.24. The van der Waals surface area contributed by atoms with Crippen LogP contribution in [0.25, 0.3) is 5.82 Å². The predicted molar refractivity (Wildman–Crippen MR) is 112 cm³/mol. The molecular weight excluding hydrogens is 410 g/mol. The predicted octanol–water partition coefficient (Wildman–Crippen LogP) is 2.63. The zero-order valence-electron chi connectivity index (χ0n) is 16.7. The Bertz CT molecular complexity index is 1100. The minimum Gasteiger partial charge on any atom is -0.347 e. The number of pyridine rings is 1. The molecule has 0 radical (unpaired) electrons. The molecule has 0 atom stereocenters. The molecule has 0 aliphatic carbocycles. The Balaban J connectivity index is 1.79. The van der Waals surface area contributed by atoms with E-state index in [9.17, 15) is 13.2 Å². The van der Waals surface area contributed by atoms with Gasteiger partial charge in [-0.15, -0.1) is 11.3 Å². The second-order valence-electron chi connectivity index (χ2n) is 6.89. The fourth-order valence-corrected chi connectivity index (χ4v) is 5.25. The first-order chi connectivity index (χ1) is 13.7. The minimum atomic E-state index is -3.47. The van der Waals surface area contributed by atoms with Gasteiger partial charge in [0.2, 0.25) is 0 Å². The largest absolute Gasteiger partial charge is 0.347 e. The Hall–Kier alpha value is -2.56. The molecule has 8 nitrogen and oxygen atoms in total. The van der Waals surface area contributed by atoms with Gasteiger partial charge in [-0.25, -0.2) is 22.4 Å². The van der Waals surface area contributed by atoms with Crippen LogP contribution in [0.3, 0.4) is 0 Å². The number of sulfonamides is 1. The number of carbonyl (C=O) groups excluding carboxylic acids is 1. The summed E-state index contributed by atoms with van der Waals surface area (Å²) in [6.07, 6.45) is 3.22. The number of amides is 1. The summed E-state index contributed by atoms with van der Waals surface area (Å²) in [6, 6.07) is 8.78. The van der Waals surface area contributed by atoms with Crippen molar-refractivity contribution in [1.29, 1.82) is 0 Å². The number of nitrogens with zero attached hydrogens (tertiary/aromatic N) is 4. The van der Waals surface area contributed by atoms with Gasteiger partial charge in [0.1, 0.15) is 4.21 Å². The Morgan fingerprint density at radius 3 is 2.62 bits per heavy atom. The zero-order chi connectivity index (χ0) is 21.2. The van der Waals surface area contributed by atoms with Gasteiger partial charge < -0.3 is 5.32 Å². The summed E-state index contributed by atoms with van der Waals surface area (Å²) in [5.41, 5.74) is 1.24. The Kier molecular flexibility index (Phi) is 6.15. The number of aromatic nitrogens is 3. The third-order valence-electron chi connectivity index (χ3n) is 4.26. The first kappa shape index (κ1) is 21.2. The molecule has 1 N–H and O–H groups in total. The van der Waals surface area contributed by atoms with Gasteiger partial charge in [-0.2, -0.15) is 5.10 Å². The van der Waals surface area contributed by atoms with Crippen LogP contribution < -0.4 is 5.32 Å². The number of carbonyl (C=O) groups is 1. The van der Waals surface area contributed by atoms with Crippen molar-refractivity contribution in [2.75, 3.05) is 14.1 Å². The van der Waals surface area contributed by atoms with E-state index in [-0.39, 0.29) is 22.6 Å². The van der Waals surface area contributed by atoms with Crippen LogP contribution in [-0.4, -0.2) is 47.5 Å². The molecular formula is C19H23N5O3S2. The molecule has 29 heavy (non-hydrogen) atoms. The van der Waals surface area contributed by atoms with Gasteiger partial charge in [0, 0.05) is 25.2 Å². The van der Waals surface area contributed by atoms with Crippen molar-refractivity contribution in [2.24, 2.45) is 0 Å². The summed E-state index contributed by atoms with van der Waals surface area (Å²) in [5, 5.41) is 7.21. The molecule has 3 rings (SSSR count).